The number of azide groups is 1. The van der Waals surface area contributed by atoms with Crippen LogP contribution in [0.5, 0.6) is 0 Å². The molecule has 0 aliphatic heterocycles. The molecule has 0 aliphatic rings. The van der Waals surface area contributed by atoms with E-state index in [0.29, 0.717) is 0 Å². The molecule has 0 radical (unpaired) electrons. The molecule has 0 atom stereocenters. The quantitative estimate of drug-likeness (QED) is 0.225. The zero-order chi connectivity index (χ0) is 17.1. The Morgan fingerprint density at radius 3 is 1.68 bits per heavy atom. The summed E-state index contributed by atoms with van der Waals surface area (Å²) in [5, 5.41) is 35.8. The minimum atomic E-state index is -2.79. The van der Waals surface area contributed by atoms with Crippen molar-refractivity contribution in [2.24, 2.45) is 20.8 Å². The van der Waals surface area contributed by atoms with Crippen molar-refractivity contribution in [1.29, 1.82) is 0 Å². The van der Waals surface area contributed by atoms with Gasteiger partial charge in [-0.15, -0.1) is 0 Å². The van der Waals surface area contributed by atoms with Crippen molar-refractivity contribution in [3.63, 3.8) is 0 Å². The molecule has 3 N–H and O–H groups in total. The van der Waals surface area contributed by atoms with Crippen LogP contribution in [0.25, 0.3) is 31.3 Å². The normalized spacial score (nSPS) is 12.9. The van der Waals surface area contributed by atoms with E-state index in [0.717, 1.165) is 0 Å². The number of aliphatic hydroxyl groups is 3. The van der Waals surface area contributed by atoms with Gasteiger partial charge in [0.1, 0.15) is 0 Å². The first kappa shape index (κ1) is 19.3. The average Bonchev–Trinajstić information content (AvgIpc) is 2.52. The van der Waals surface area contributed by atoms with Gasteiger partial charge in [0.25, 0.3) is 5.79 Å². The van der Waals surface area contributed by atoms with Crippen molar-refractivity contribution in [3.8, 4) is 0 Å². The standard InChI is InChI=1S/C8H13N9O5/c9-15-12-8(13-16-10,14-17-11)6(21)22-2-1-7(3-18,4-19)5-20/h18-20H,1-5H2. The van der Waals surface area contributed by atoms with Gasteiger partial charge >= 0.3 is 5.97 Å². The lowest BCUT2D eigenvalue weighted by Gasteiger charge is -2.27. The molecule has 0 unspecified atom stereocenters. The van der Waals surface area contributed by atoms with Crippen molar-refractivity contribution in [2.45, 2.75) is 12.2 Å². The molecule has 14 nitrogen and oxygen atoms in total. The fraction of sp³-hybridized carbons (Fsp3) is 0.875. The van der Waals surface area contributed by atoms with Crippen LogP contribution in [0, 0.1) is 5.41 Å². The molecular weight excluding hydrogens is 302 g/mol. The van der Waals surface area contributed by atoms with Gasteiger partial charge in [0.2, 0.25) is 0 Å². The van der Waals surface area contributed by atoms with Crippen LogP contribution in [0.1, 0.15) is 6.42 Å². The van der Waals surface area contributed by atoms with Gasteiger partial charge in [-0.1, -0.05) is 15.3 Å². The van der Waals surface area contributed by atoms with Gasteiger partial charge in [-0.05, 0) is 23.0 Å². The molecule has 0 amide bonds. The topological polar surface area (TPSA) is 233 Å². The van der Waals surface area contributed by atoms with Crippen LogP contribution in [-0.4, -0.2) is 53.5 Å². The summed E-state index contributed by atoms with van der Waals surface area (Å²) in [6.07, 6.45) is -0.152. The van der Waals surface area contributed by atoms with Crippen LogP contribution in [0.2, 0.25) is 0 Å². The first-order chi connectivity index (χ1) is 10.5. The van der Waals surface area contributed by atoms with E-state index in [2.05, 4.69) is 34.8 Å². The third kappa shape index (κ3) is 4.68. The summed E-state index contributed by atoms with van der Waals surface area (Å²) in [4.78, 5) is 18.5. The molecule has 0 aliphatic carbocycles. The maximum absolute atomic E-state index is 11.8. The first-order valence-electron chi connectivity index (χ1n) is 5.68. The van der Waals surface area contributed by atoms with Gasteiger partial charge in [-0.3, -0.25) is 4.79 Å². The van der Waals surface area contributed by atoms with Crippen LogP contribution in [0.4, 0.5) is 0 Å². The molecule has 0 saturated carbocycles. The molecule has 0 rings (SSSR count). The van der Waals surface area contributed by atoms with Gasteiger partial charge in [0, 0.05) is 20.2 Å². The maximum Gasteiger partial charge on any atom is 0.330 e. The SMILES string of the molecule is [N-]=[N+]=NC(N=[N+]=[N-])(N=[N+]=[N-])C(=O)OCCC(CO)(CO)CO. The van der Waals surface area contributed by atoms with Crippen molar-refractivity contribution in [1.82, 2.24) is 0 Å². The zero-order valence-corrected chi connectivity index (χ0v) is 11.2. The molecule has 0 saturated heterocycles. The average molecular weight is 315 g/mol. The Labute approximate surface area is 122 Å². The molecule has 0 bridgehead atoms. The number of esters is 1. The van der Waals surface area contributed by atoms with E-state index < -0.39 is 43.6 Å². The number of aliphatic hydroxyl groups excluding tert-OH is 3. The highest BCUT2D eigenvalue weighted by Crippen LogP contribution is 2.22. The second kappa shape index (κ2) is 9.26. The molecule has 0 aromatic heterocycles. The number of rotatable bonds is 10. The number of hydrogen-bond donors (Lipinski definition) is 3. The van der Waals surface area contributed by atoms with E-state index in [-0.39, 0.29) is 6.42 Å². The molecule has 120 valence electrons. The van der Waals surface area contributed by atoms with E-state index >= 15 is 0 Å². The summed E-state index contributed by atoms with van der Waals surface area (Å²) in [6.45, 7) is -2.17. The van der Waals surface area contributed by atoms with E-state index in [4.69, 9.17) is 31.9 Å². The van der Waals surface area contributed by atoms with Crippen LogP contribution >= 0.6 is 0 Å². The van der Waals surface area contributed by atoms with E-state index in [1.54, 1.807) is 0 Å². The second-order valence-corrected chi connectivity index (χ2v) is 4.06. The number of carbonyl (C=O) groups is 1. The summed E-state index contributed by atoms with van der Waals surface area (Å²) >= 11 is 0. The number of ether oxygens (including phenoxy) is 1. The Bertz CT molecular complexity index is 474. The predicted octanol–water partition coefficient (Wildman–Crippen LogP) is 0.468. The molecule has 22 heavy (non-hydrogen) atoms. The van der Waals surface area contributed by atoms with Crippen LogP contribution < -0.4 is 0 Å². The van der Waals surface area contributed by atoms with Crippen LogP contribution in [0.3, 0.4) is 0 Å². The highest BCUT2D eigenvalue weighted by Gasteiger charge is 2.39. The fourth-order valence-electron chi connectivity index (χ4n) is 1.21. The third-order valence-corrected chi connectivity index (χ3v) is 2.70. The third-order valence-electron chi connectivity index (χ3n) is 2.70. The minimum absolute atomic E-state index is 0.152. The Kier molecular flexibility index (Phi) is 8.11. The lowest BCUT2D eigenvalue weighted by atomic mass is 9.88. The van der Waals surface area contributed by atoms with E-state index in [1.165, 1.54) is 0 Å². The molecule has 0 fully saturated rings. The molecule has 0 aromatic carbocycles. The molecule has 0 heterocycles. The Morgan fingerprint density at radius 1 is 0.955 bits per heavy atom. The van der Waals surface area contributed by atoms with Gasteiger partial charge in [0.05, 0.1) is 26.4 Å². The first-order valence-corrected chi connectivity index (χ1v) is 5.68. The molecule has 0 spiro atoms. The zero-order valence-electron chi connectivity index (χ0n) is 11.2. The van der Waals surface area contributed by atoms with Crippen molar-refractivity contribution >= 4 is 5.97 Å². The van der Waals surface area contributed by atoms with Gasteiger partial charge in [0.15, 0.2) is 0 Å². The summed E-state index contributed by atoms with van der Waals surface area (Å²) < 4.78 is 4.66. The Balaban J connectivity index is 5.11. The van der Waals surface area contributed by atoms with Crippen LogP contribution in [0.15, 0.2) is 15.3 Å². The highest BCUT2D eigenvalue weighted by atomic mass is 16.5. The molecular formula is C8H13N9O5. The summed E-state index contributed by atoms with van der Waals surface area (Å²) in [7, 11) is 0. The summed E-state index contributed by atoms with van der Waals surface area (Å²) in [6, 6.07) is 0. The van der Waals surface area contributed by atoms with Crippen molar-refractivity contribution in [3.05, 3.63) is 31.3 Å². The van der Waals surface area contributed by atoms with Crippen molar-refractivity contribution < 1.29 is 24.9 Å². The van der Waals surface area contributed by atoms with E-state index in [1.807, 2.05) is 0 Å². The Hall–Kier alpha value is -2.72. The van der Waals surface area contributed by atoms with Crippen LogP contribution in [-0.2, 0) is 9.53 Å². The van der Waals surface area contributed by atoms with Gasteiger partial charge < -0.3 is 20.1 Å². The smallest absolute Gasteiger partial charge is 0.330 e. The minimum Gasteiger partial charge on any atom is -0.465 e. The number of nitrogens with zero attached hydrogens (tertiary/aromatic N) is 9. The predicted molar refractivity (Wildman–Crippen MR) is 69.4 cm³/mol. The number of carbonyl (C=O) groups excluding carboxylic acids is 1. The lowest BCUT2D eigenvalue weighted by molar-refractivity contribution is -0.151. The lowest BCUT2D eigenvalue weighted by Crippen LogP contribution is -2.37. The number of hydrogen-bond acceptors (Lipinski definition) is 8. The second-order valence-electron chi connectivity index (χ2n) is 4.06. The Morgan fingerprint density at radius 2 is 1.36 bits per heavy atom. The van der Waals surface area contributed by atoms with Crippen molar-refractivity contribution in [2.75, 3.05) is 26.4 Å². The molecule has 14 heteroatoms. The fourth-order valence-corrected chi connectivity index (χ4v) is 1.21. The maximum atomic E-state index is 11.8. The summed E-state index contributed by atoms with van der Waals surface area (Å²) in [5.41, 5.74) is 23.8. The van der Waals surface area contributed by atoms with Gasteiger partial charge in [-0.2, -0.15) is 0 Å². The largest absolute Gasteiger partial charge is 0.465 e. The van der Waals surface area contributed by atoms with E-state index in [9.17, 15) is 4.79 Å². The van der Waals surface area contributed by atoms with Gasteiger partial charge in [-0.25, -0.2) is 0 Å². The molecule has 0 aromatic rings. The summed E-state index contributed by atoms with van der Waals surface area (Å²) in [5.74, 6) is -4.23. The monoisotopic (exact) mass is 315 g/mol. The highest BCUT2D eigenvalue weighted by molar-refractivity contribution is 5.80.